The van der Waals surface area contributed by atoms with E-state index in [0.717, 1.165) is 35.6 Å². The number of ether oxygens (including phenoxy) is 2. The van der Waals surface area contributed by atoms with Crippen LogP contribution in [0.3, 0.4) is 0 Å². The number of fused-ring (bicyclic) bond motifs is 1. The summed E-state index contributed by atoms with van der Waals surface area (Å²) in [5, 5.41) is 1.85. The van der Waals surface area contributed by atoms with Crippen LogP contribution in [0.25, 0.3) is 10.8 Å². The molecule has 5 heteroatoms. The van der Waals surface area contributed by atoms with Crippen molar-refractivity contribution >= 4 is 16.7 Å². The second-order valence-electron chi connectivity index (χ2n) is 8.47. The van der Waals surface area contributed by atoms with Crippen molar-refractivity contribution in [3.05, 3.63) is 71.3 Å². The highest BCUT2D eigenvalue weighted by molar-refractivity contribution is 5.96. The van der Waals surface area contributed by atoms with Crippen LogP contribution in [0.2, 0.25) is 0 Å². The minimum atomic E-state index is -1.23. The van der Waals surface area contributed by atoms with Crippen molar-refractivity contribution in [2.75, 3.05) is 6.61 Å². The first kappa shape index (κ1) is 24.7. The molecule has 3 nitrogen and oxygen atoms in total. The van der Waals surface area contributed by atoms with Crippen LogP contribution in [0, 0.1) is 18.6 Å². The quantitative estimate of drug-likeness (QED) is 0.157. The van der Waals surface area contributed by atoms with Gasteiger partial charge in [0.25, 0.3) is 0 Å². The van der Waals surface area contributed by atoms with E-state index in [9.17, 15) is 13.6 Å². The lowest BCUT2D eigenvalue weighted by atomic mass is 10.0. The first-order valence-electron chi connectivity index (χ1n) is 11.8. The summed E-state index contributed by atoms with van der Waals surface area (Å²) in [6.07, 6.45) is 9.12. The van der Waals surface area contributed by atoms with Gasteiger partial charge in [-0.05, 0) is 48.4 Å². The van der Waals surface area contributed by atoms with Gasteiger partial charge in [0.15, 0.2) is 11.5 Å². The Morgan fingerprint density at radius 2 is 1.36 bits per heavy atom. The van der Waals surface area contributed by atoms with Crippen molar-refractivity contribution in [3.63, 3.8) is 0 Å². The number of carbonyl (C=O) groups excluding carboxylic acids is 1. The largest absolute Gasteiger partial charge is 0.490 e. The fraction of sp³-hybridized carbons (Fsp3) is 0.393. The van der Waals surface area contributed by atoms with Gasteiger partial charge in [0.05, 0.1) is 12.2 Å². The Balaban J connectivity index is 1.52. The molecule has 3 aromatic rings. The summed E-state index contributed by atoms with van der Waals surface area (Å²) < 4.78 is 39.4. The van der Waals surface area contributed by atoms with Crippen molar-refractivity contribution in [3.8, 4) is 11.5 Å². The lowest BCUT2D eigenvalue weighted by Crippen LogP contribution is -2.10. The molecule has 0 radical (unpaired) electrons. The molecule has 0 saturated carbocycles. The third-order valence-electron chi connectivity index (χ3n) is 5.70. The third kappa shape index (κ3) is 7.01. The lowest BCUT2D eigenvalue weighted by Gasteiger charge is -2.11. The Bertz CT molecular complexity index is 1080. The number of hydrogen-bond acceptors (Lipinski definition) is 3. The van der Waals surface area contributed by atoms with Gasteiger partial charge in [-0.25, -0.2) is 4.79 Å². The number of unbranched alkanes of at least 4 members (excludes halogenated alkanes) is 7. The molecule has 3 aromatic carbocycles. The van der Waals surface area contributed by atoms with Crippen LogP contribution in [0.1, 0.15) is 74.2 Å². The summed E-state index contributed by atoms with van der Waals surface area (Å²) in [5.41, 5.74) is 1.38. The standard InChI is InChI=1S/C28H32F2O3/c1-3-4-5-6-7-8-9-10-17-32-24-15-16-25(27(30)26(24)29)33-28(31)23-14-13-21-18-20(2)11-12-22(21)19-23/h11-16,18-19H,3-10,17H2,1-2H3. The number of hydrogen-bond donors (Lipinski definition) is 0. The molecule has 0 aliphatic rings. The minimum Gasteiger partial charge on any atom is -0.490 e. The maximum Gasteiger partial charge on any atom is 0.343 e. The van der Waals surface area contributed by atoms with Crippen LogP contribution in [0.4, 0.5) is 8.78 Å². The Labute approximate surface area is 194 Å². The van der Waals surface area contributed by atoms with Gasteiger partial charge in [-0.15, -0.1) is 0 Å². The van der Waals surface area contributed by atoms with Gasteiger partial charge in [0.1, 0.15) is 0 Å². The smallest absolute Gasteiger partial charge is 0.343 e. The predicted molar refractivity (Wildman–Crippen MR) is 128 cm³/mol. The van der Waals surface area contributed by atoms with E-state index < -0.39 is 23.4 Å². The third-order valence-corrected chi connectivity index (χ3v) is 5.70. The fourth-order valence-corrected chi connectivity index (χ4v) is 3.77. The molecule has 0 atom stereocenters. The number of aryl methyl sites for hydroxylation is 1. The average molecular weight is 455 g/mol. The minimum absolute atomic E-state index is 0.170. The second kappa shape index (κ2) is 12.3. The average Bonchev–Trinajstić information content (AvgIpc) is 2.81. The van der Waals surface area contributed by atoms with Crippen molar-refractivity contribution < 1.29 is 23.0 Å². The van der Waals surface area contributed by atoms with E-state index in [1.165, 1.54) is 44.2 Å². The van der Waals surface area contributed by atoms with E-state index in [1.807, 2.05) is 25.1 Å². The van der Waals surface area contributed by atoms with Gasteiger partial charge in [0.2, 0.25) is 11.6 Å². The van der Waals surface area contributed by atoms with Gasteiger partial charge >= 0.3 is 5.97 Å². The molecule has 33 heavy (non-hydrogen) atoms. The Morgan fingerprint density at radius 1 is 0.758 bits per heavy atom. The first-order chi connectivity index (χ1) is 16.0. The zero-order valence-corrected chi connectivity index (χ0v) is 19.5. The highest BCUT2D eigenvalue weighted by atomic mass is 19.2. The maximum atomic E-state index is 14.5. The predicted octanol–water partition coefficient (Wildman–Crippen LogP) is 8.17. The summed E-state index contributed by atoms with van der Waals surface area (Å²) >= 11 is 0. The number of benzene rings is 3. The van der Waals surface area contributed by atoms with Gasteiger partial charge in [0, 0.05) is 0 Å². The fourth-order valence-electron chi connectivity index (χ4n) is 3.77. The van der Waals surface area contributed by atoms with E-state index in [0.29, 0.717) is 6.61 Å². The molecule has 3 rings (SSSR count). The topological polar surface area (TPSA) is 35.5 Å². The monoisotopic (exact) mass is 454 g/mol. The number of rotatable bonds is 12. The second-order valence-corrected chi connectivity index (χ2v) is 8.47. The molecule has 0 fully saturated rings. The van der Waals surface area contributed by atoms with E-state index >= 15 is 0 Å². The van der Waals surface area contributed by atoms with E-state index in [1.54, 1.807) is 18.2 Å². The van der Waals surface area contributed by atoms with E-state index in [-0.39, 0.29) is 11.3 Å². The van der Waals surface area contributed by atoms with E-state index in [4.69, 9.17) is 9.47 Å². The zero-order valence-electron chi connectivity index (χ0n) is 19.5. The van der Waals surface area contributed by atoms with E-state index in [2.05, 4.69) is 6.92 Å². The molecular weight excluding hydrogens is 422 g/mol. The highest BCUT2D eigenvalue weighted by Gasteiger charge is 2.19. The first-order valence-corrected chi connectivity index (χ1v) is 11.8. The molecule has 0 aliphatic carbocycles. The van der Waals surface area contributed by atoms with Crippen LogP contribution < -0.4 is 9.47 Å². The zero-order chi connectivity index (χ0) is 23.6. The number of halogens is 2. The van der Waals surface area contributed by atoms with Crippen molar-refractivity contribution in [2.24, 2.45) is 0 Å². The van der Waals surface area contributed by atoms with Gasteiger partial charge in [-0.3, -0.25) is 0 Å². The molecule has 0 spiro atoms. The van der Waals surface area contributed by atoms with Crippen molar-refractivity contribution in [1.29, 1.82) is 0 Å². The summed E-state index contributed by atoms with van der Waals surface area (Å²) in [6, 6.07) is 13.5. The molecule has 0 amide bonds. The molecular formula is C28H32F2O3. The lowest BCUT2D eigenvalue weighted by molar-refractivity contribution is 0.0726. The molecule has 0 unspecified atom stereocenters. The Morgan fingerprint density at radius 3 is 2.12 bits per heavy atom. The SMILES string of the molecule is CCCCCCCCCCOc1ccc(OC(=O)c2ccc3cc(C)ccc3c2)c(F)c1F. The molecule has 0 saturated heterocycles. The summed E-state index contributed by atoms with van der Waals surface area (Å²) in [6.45, 7) is 4.50. The summed E-state index contributed by atoms with van der Waals surface area (Å²) in [7, 11) is 0. The Hall–Kier alpha value is -2.95. The van der Waals surface area contributed by atoms with Gasteiger partial charge in [-0.1, -0.05) is 81.7 Å². The molecule has 0 bridgehead atoms. The molecule has 176 valence electrons. The maximum absolute atomic E-state index is 14.5. The van der Waals surface area contributed by atoms with Crippen LogP contribution in [-0.2, 0) is 0 Å². The van der Waals surface area contributed by atoms with Crippen molar-refractivity contribution in [1.82, 2.24) is 0 Å². The molecule has 0 aromatic heterocycles. The van der Waals surface area contributed by atoms with Crippen LogP contribution in [0.5, 0.6) is 11.5 Å². The number of esters is 1. The van der Waals surface area contributed by atoms with Crippen molar-refractivity contribution in [2.45, 2.75) is 65.2 Å². The Kier molecular flexibility index (Phi) is 9.23. The summed E-state index contributed by atoms with van der Waals surface area (Å²) in [5.74, 6) is -3.75. The van der Waals surface area contributed by atoms with Crippen LogP contribution in [-0.4, -0.2) is 12.6 Å². The van der Waals surface area contributed by atoms with Gasteiger partial charge in [-0.2, -0.15) is 8.78 Å². The highest BCUT2D eigenvalue weighted by Crippen LogP contribution is 2.29. The van der Waals surface area contributed by atoms with Crippen LogP contribution >= 0.6 is 0 Å². The summed E-state index contributed by atoms with van der Waals surface area (Å²) in [4.78, 5) is 12.5. The molecule has 0 heterocycles. The number of carbonyl (C=O) groups is 1. The molecule has 0 aliphatic heterocycles. The normalized spacial score (nSPS) is 11.0. The van der Waals surface area contributed by atoms with Gasteiger partial charge < -0.3 is 9.47 Å². The van der Waals surface area contributed by atoms with Crippen LogP contribution in [0.15, 0.2) is 48.5 Å². The molecule has 0 N–H and O–H groups in total.